The fraction of sp³-hybridized carbons (Fsp3) is 0.800. The van der Waals surface area contributed by atoms with Crippen LogP contribution in [0.5, 0.6) is 0 Å². The first-order valence-electron chi connectivity index (χ1n) is 7.22. The van der Waals surface area contributed by atoms with Crippen molar-refractivity contribution in [2.45, 2.75) is 51.0 Å². The number of aliphatic hydroxyl groups excluding tert-OH is 2. The first kappa shape index (κ1) is 13.8. The van der Waals surface area contributed by atoms with Gasteiger partial charge >= 0.3 is 0 Å². The molecule has 0 aromatic carbocycles. The van der Waals surface area contributed by atoms with Gasteiger partial charge in [-0.05, 0) is 25.7 Å². The van der Waals surface area contributed by atoms with Crippen LogP contribution in [0.25, 0.3) is 0 Å². The molecule has 1 unspecified atom stereocenters. The van der Waals surface area contributed by atoms with E-state index in [1.165, 1.54) is 0 Å². The predicted octanol–water partition coefficient (Wildman–Crippen LogP) is 2.07. The summed E-state index contributed by atoms with van der Waals surface area (Å²) in [6.45, 7) is 0.293. The molecule has 0 bridgehead atoms. The van der Waals surface area contributed by atoms with Gasteiger partial charge in [-0.2, -0.15) is 0 Å². The van der Waals surface area contributed by atoms with Crippen LogP contribution >= 0.6 is 0 Å². The first-order valence-corrected chi connectivity index (χ1v) is 7.22. The SMILES string of the molecule is O=C1C[C@H]2C(O)[C@H](C=CCCCCCCO)C[C@H]12. The third-order valence-corrected chi connectivity index (χ3v) is 4.43. The van der Waals surface area contributed by atoms with Crippen molar-refractivity contribution in [2.24, 2.45) is 17.8 Å². The summed E-state index contributed by atoms with van der Waals surface area (Å²) in [6, 6.07) is 0. The van der Waals surface area contributed by atoms with Crippen LogP contribution in [0.2, 0.25) is 0 Å². The molecule has 2 saturated carbocycles. The molecule has 0 aromatic rings. The molecule has 2 aliphatic carbocycles. The van der Waals surface area contributed by atoms with Crippen LogP contribution in [0.3, 0.4) is 0 Å². The van der Waals surface area contributed by atoms with Crippen molar-refractivity contribution in [2.75, 3.05) is 6.61 Å². The van der Waals surface area contributed by atoms with Crippen molar-refractivity contribution in [1.29, 1.82) is 0 Å². The molecule has 0 spiro atoms. The zero-order chi connectivity index (χ0) is 13.0. The summed E-state index contributed by atoms with van der Waals surface area (Å²) in [7, 11) is 0. The van der Waals surface area contributed by atoms with Gasteiger partial charge in [0.15, 0.2) is 0 Å². The number of carbonyl (C=O) groups excluding carboxylic acids is 1. The van der Waals surface area contributed by atoms with Gasteiger partial charge in [-0.3, -0.25) is 4.79 Å². The summed E-state index contributed by atoms with van der Waals surface area (Å²) in [6.07, 6.45) is 10.8. The topological polar surface area (TPSA) is 57.5 Å². The van der Waals surface area contributed by atoms with E-state index >= 15 is 0 Å². The van der Waals surface area contributed by atoms with E-state index in [4.69, 9.17) is 5.11 Å². The standard InChI is InChI=1S/C15H24O3/c16-8-6-4-2-1-3-5-7-11-9-12-13(15(11)18)10-14(12)17/h5,7,11-13,15-16,18H,1-4,6,8-10H2/t11-,12+,13-,15?/m1/s1. The number of carbonyl (C=O) groups is 1. The Hall–Kier alpha value is -0.670. The third kappa shape index (κ3) is 3.01. The largest absolute Gasteiger partial charge is 0.396 e. The number of allylic oxidation sites excluding steroid dienone is 1. The lowest BCUT2D eigenvalue weighted by Gasteiger charge is -2.30. The average Bonchev–Trinajstić information content (AvgIpc) is 2.61. The van der Waals surface area contributed by atoms with Gasteiger partial charge in [-0.25, -0.2) is 0 Å². The normalized spacial score (nSPS) is 34.9. The third-order valence-electron chi connectivity index (χ3n) is 4.43. The Bertz CT molecular complexity index is 311. The molecule has 0 aliphatic heterocycles. The minimum atomic E-state index is -0.293. The molecule has 18 heavy (non-hydrogen) atoms. The molecule has 2 rings (SSSR count). The van der Waals surface area contributed by atoms with Crippen molar-refractivity contribution in [1.82, 2.24) is 0 Å². The summed E-state index contributed by atoms with van der Waals surface area (Å²) >= 11 is 0. The van der Waals surface area contributed by atoms with Crippen LogP contribution in [-0.4, -0.2) is 28.7 Å². The van der Waals surface area contributed by atoms with Gasteiger partial charge < -0.3 is 10.2 Å². The summed E-state index contributed by atoms with van der Waals surface area (Å²) in [5, 5.41) is 18.7. The second-order valence-electron chi connectivity index (χ2n) is 5.69. The Labute approximate surface area is 109 Å². The Kier molecular flexibility index (Phi) is 4.95. The monoisotopic (exact) mass is 252 g/mol. The van der Waals surface area contributed by atoms with Crippen LogP contribution in [0.1, 0.15) is 44.9 Å². The van der Waals surface area contributed by atoms with Crippen molar-refractivity contribution >= 4 is 5.78 Å². The van der Waals surface area contributed by atoms with Crippen molar-refractivity contribution in [3.63, 3.8) is 0 Å². The highest BCUT2D eigenvalue weighted by Crippen LogP contribution is 2.47. The predicted molar refractivity (Wildman–Crippen MR) is 70.0 cm³/mol. The van der Waals surface area contributed by atoms with Crippen LogP contribution in [0.4, 0.5) is 0 Å². The van der Waals surface area contributed by atoms with Crippen LogP contribution in [0.15, 0.2) is 12.2 Å². The van der Waals surface area contributed by atoms with Crippen LogP contribution in [0, 0.1) is 17.8 Å². The zero-order valence-corrected chi connectivity index (χ0v) is 10.9. The van der Waals surface area contributed by atoms with Crippen molar-refractivity contribution in [3.05, 3.63) is 12.2 Å². The van der Waals surface area contributed by atoms with Gasteiger partial charge in [-0.1, -0.05) is 25.0 Å². The number of hydrogen-bond acceptors (Lipinski definition) is 3. The number of rotatable bonds is 7. The fourth-order valence-electron chi connectivity index (χ4n) is 3.21. The lowest BCUT2D eigenvalue weighted by Crippen LogP contribution is -2.38. The van der Waals surface area contributed by atoms with Crippen molar-refractivity contribution < 1.29 is 15.0 Å². The molecule has 0 saturated heterocycles. The highest BCUT2D eigenvalue weighted by atomic mass is 16.3. The number of hydrogen-bond donors (Lipinski definition) is 2. The minimum absolute atomic E-state index is 0.152. The first-order chi connectivity index (χ1) is 8.74. The van der Waals surface area contributed by atoms with Gasteiger partial charge in [0.2, 0.25) is 0 Å². The summed E-state index contributed by atoms with van der Waals surface area (Å²) in [5.74, 6) is 0.943. The summed E-state index contributed by atoms with van der Waals surface area (Å²) in [4.78, 5) is 11.3. The molecule has 0 heterocycles. The second-order valence-corrected chi connectivity index (χ2v) is 5.69. The van der Waals surface area contributed by atoms with Gasteiger partial charge in [0.05, 0.1) is 6.10 Å². The Morgan fingerprint density at radius 3 is 2.67 bits per heavy atom. The number of ketones is 1. The summed E-state index contributed by atoms with van der Waals surface area (Å²) < 4.78 is 0. The highest BCUT2D eigenvalue weighted by Gasteiger charge is 2.51. The smallest absolute Gasteiger partial charge is 0.136 e. The molecule has 102 valence electrons. The van der Waals surface area contributed by atoms with Gasteiger partial charge in [-0.15, -0.1) is 0 Å². The van der Waals surface area contributed by atoms with Gasteiger partial charge in [0.25, 0.3) is 0 Å². The number of unbranched alkanes of at least 4 members (excludes halogenated alkanes) is 4. The minimum Gasteiger partial charge on any atom is -0.396 e. The zero-order valence-electron chi connectivity index (χ0n) is 10.9. The van der Waals surface area contributed by atoms with E-state index in [2.05, 4.69) is 12.2 Å². The summed E-state index contributed by atoms with van der Waals surface area (Å²) in [5.41, 5.74) is 0. The van der Waals surface area contributed by atoms with E-state index in [0.717, 1.165) is 38.5 Å². The maximum absolute atomic E-state index is 11.3. The maximum atomic E-state index is 11.3. The molecular formula is C15H24O3. The Balaban J connectivity index is 1.63. The van der Waals surface area contributed by atoms with E-state index < -0.39 is 0 Å². The molecule has 0 aromatic heterocycles. The van der Waals surface area contributed by atoms with E-state index in [1.807, 2.05) is 0 Å². The molecule has 3 heteroatoms. The molecule has 2 N–H and O–H groups in total. The maximum Gasteiger partial charge on any atom is 0.136 e. The highest BCUT2D eigenvalue weighted by molar-refractivity contribution is 5.88. The lowest BCUT2D eigenvalue weighted by atomic mass is 9.74. The molecular weight excluding hydrogens is 228 g/mol. The molecule has 2 aliphatic rings. The van der Waals surface area contributed by atoms with E-state index in [-0.39, 0.29) is 23.9 Å². The molecule has 0 amide bonds. The van der Waals surface area contributed by atoms with Crippen LogP contribution in [-0.2, 0) is 4.79 Å². The quantitative estimate of drug-likeness (QED) is 0.538. The Morgan fingerprint density at radius 1 is 1.22 bits per heavy atom. The molecule has 4 atom stereocenters. The van der Waals surface area contributed by atoms with E-state index in [9.17, 15) is 9.90 Å². The number of Topliss-reactive ketones (excluding diaryl/α,β-unsaturated/α-hetero) is 1. The van der Waals surface area contributed by atoms with Gasteiger partial charge in [0, 0.05) is 30.8 Å². The fourth-order valence-corrected chi connectivity index (χ4v) is 3.21. The average molecular weight is 252 g/mol. The molecule has 2 fully saturated rings. The van der Waals surface area contributed by atoms with Crippen molar-refractivity contribution in [3.8, 4) is 0 Å². The number of fused-ring (bicyclic) bond motifs is 1. The number of aliphatic hydroxyl groups is 2. The van der Waals surface area contributed by atoms with Gasteiger partial charge in [0.1, 0.15) is 5.78 Å². The van der Waals surface area contributed by atoms with Crippen LogP contribution < -0.4 is 0 Å². The van der Waals surface area contributed by atoms with E-state index in [1.54, 1.807) is 0 Å². The molecule has 0 radical (unpaired) electrons. The lowest BCUT2D eigenvalue weighted by molar-refractivity contribution is -0.135. The van der Waals surface area contributed by atoms with E-state index in [0.29, 0.717) is 18.8 Å². The second kappa shape index (κ2) is 6.48. The Morgan fingerprint density at radius 2 is 2.00 bits per heavy atom. The molecule has 3 nitrogen and oxygen atoms in total.